The van der Waals surface area contributed by atoms with Crippen molar-refractivity contribution in [3.8, 4) is 0 Å². The number of hydrogen-bond donors (Lipinski definition) is 1. The molecule has 2 nitrogen and oxygen atoms in total. The van der Waals surface area contributed by atoms with Gasteiger partial charge in [0.05, 0.1) is 0 Å². The van der Waals surface area contributed by atoms with Crippen molar-refractivity contribution in [3.05, 3.63) is 0 Å². The van der Waals surface area contributed by atoms with Crippen LogP contribution < -0.4 is 5.73 Å². The fourth-order valence-corrected chi connectivity index (χ4v) is 1.22. The minimum Gasteiger partial charge on any atom is -0.381 e. The highest BCUT2D eigenvalue weighted by Crippen LogP contribution is 2.16. The maximum Gasteiger partial charge on any atom is 0.0495 e. The van der Waals surface area contributed by atoms with Crippen LogP contribution in [-0.4, -0.2) is 19.8 Å². The van der Waals surface area contributed by atoms with Crippen LogP contribution in [0.2, 0.25) is 0 Å². The van der Waals surface area contributed by atoms with Crippen LogP contribution in [0.5, 0.6) is 0 Å². The Kier molecular flexibility index (Phi) is 3.01. The predicted molar refractivity (Wildman–Crippen MR) is 37.2 cm³/mol. The SMILES string of the molecule is NCCC[C@H]1CCOC1. The van der Waals surface area contributed by atoms with Crippen molar-refractivity contribution >= 4 is 0 Å². The second-order valence-electron chi connectivity index (χ2n) is 2.66. The van der Waals surface area contributed by atoms with Crippen LogP contribution in [-0.2, 0) is 4.74 Å². The van der Waals surface area contributed by atoms with Gasteiger partial charge in [-0.3, -0.25) is 0 Å². The molecule has 0 spiro atoms. The lowest BCUT2D eigenvalue weighted by Gasteiger charge is -2.03. The van der Waals surface area contributed by atoms with Gasteiger partial charge >= 0.3 is 0 Å². The summed E-state index contributed by atoms with van der Waals surface area (Å²) < 4.78 is 5.21. The first-order chi connectivity index (χ1) is 4.43. The monoisotopic (exact) mass is 129 g/mol. The molecule has 1 fully saturated rings. The molecule has 1 atom stereocenters. The minimum absolute atomic E-state index is 0.813. The Balaban J connectivity index is 1.98. The minimum atomic E-state index is 0.813. The van der Waals surface area contributed by atoms with Crippen LogP contribution in [0, 0.1) is 5.92 Å². The Morgan fingerprint density at radius 2 is 2.44 bits per heavy atom. The van der Waals surface area contributed by atoms with E-state index in [1.807, 2.05) is 0 Å². The number of ether oxygens (including phenoxy) is 1. The summed E-state index contributed by atoms with van der Waals surface area (Å²) in [6, 6.07) is 0. The molecular weight excluding hydrogens is 114 g/mol. The molecule has 2 heteroatoms. The Hall–Kier alpha value is -0.0800. The summed E-state index contributed by atoms with van der Waals surface area (Å²) in [4.78, 5) is 0. The zero-order valence-corrected chi connectivity index (χ0v) is 5.81. The highest BCUT2D eigenvalue weighted by molar-refractivity contribution is 4.63. The van der Waals surface area contributed by atoms with Crippen molar-refractivity contribution in [2.75, 3.05) is 19.8 Å². The van der Waals surface area contributed by atoms with Crippen molar-refractivity contribution in [2.24, 2.45) is 11.7 Å². The van der Waals surface area contributed by atoms with Crippen molar-refractivity contribution < 1.29 is 4.74 Å². The Morgan fingerprint density at radius 1 is 1.56 bits per heavy atom. The number of hydrogen-bond acceptors (Lipinski definition) is 2. The van der Waals surface area contributed by atoms with E-state index in [1.54, 1.807) is 0 Å². The molecule has 9 heavy (non-hydrogen) atoms. The van der Waals surface area contributed by atoms with Gasteiger partial charge in [-0.25, -0.2) is 0 Å². The molecular formula is C7H15NO. The molecule has 0 aromatic heterocycles. The van der Waals surface area contributed by atoms with Gasteiger partial charge in [-0.05, 0) is 31.7 Å². The van der Waals surface area contributed by atoms with Crippen LogP contribution in [0.15, 0.2) is 0 Å². The highest BCUT2D eigenvalue weighted by Gasteiger charge is 2.13. The third-order valence-electron chi connectivity index (χ3n) is 1.84. The summed E-state index contributed by atoms with van der Waals surface area (Å²) in [5, 5.41) is 0. The molecule has 0 saturated carbocycles. The highest BCUT2D eigenvalue weighted by atomic mass is 16.5. The average molecular weight is 129 g/mol. The van der Waals surface area contributed by atoms with E-state index in [-0.39, 0.29) is 0 Å². The molecule has 1 saturated heterocycles. The molecule has 0 aromatic rings. The summed E-state index contributed by atoms with van der Waals surface area (Å²) in [6.07, 6.45) is 3.67. The number of nitrogens with two attached hydrogens (primary N) is 1. The van der Waals surface area contributed by atoms with E-state index in [0.29, 0.717) is 0 Å². The molecule has 0 bridgehead atoms. The topological polar surface area (TPSA) is 35.2 Å². The lowest BCUT2D eigenvalue weighted by Crippen LogP contribution is -2.04. The zero-order chi connectivity index (χ0) is 6.53. The first-order valence-electron chi connectivity index (χ1n) is 3.71. The Morgan fingerprint density at radius 3 is 3.00 bits per heavy atom. The lowest BCUT2D eigenvalue weighted by molar-refractivity contribution is 0.184. The second-order valence-corrected chi connectivity index (χ2v) is 2.66. The molecule has 0 aliphatic carbocycles. The largest absolute Gasteiger partial charge is 0.381 e. The molecule has 1 heterocycles. The maximum atomic E-state index is 5.37. The van der Waals surface area contributed by atoms with Gasteiger partial charge in [-0.15, -0.1) is 0 Å². The molecule has 0 amide bonds. The van der Waals surface area contributed by atoms with Crippen LogP contribution >= 0.6 is 0 Å². The van der Waals surface area contributed by atoms with Crippen LogP contribution in [0.3, 0.4) is 0 Å². The summed E-state index contributed by atoms with van der Waals surface area (Å²) in [5.41, 5.74) is 5.37. The Bertz CT molecular complexity index is 69.3. The first-order valence-corrected chi connectivity index (χ1v) is 3.71. The molecule has 0 radical (unpaired) electrons. The fourth-order valence-electron chi connectivity index (χ4n) is 1.22. The maximum absolute atomic E-state index is 5.37. The molecule has 1 aliphatic rings. The summed E-state index contributed by atoms with van der Waals surface area (Å²) in [7, 11) is 0. The van der Waals surface area contributed by atoms with Gasteiger partial charge in [0.25, 0.3) is 0 Å². The molecule has 0 aromatic carbocycles. The molecule has 2 N–H and O–H groups in total. The summed E-state index contributed by atoms with van der Waals surface area (Å²) >= 11 is 0. The van der Waals surface area contributed by atoms with E-state index >= 15 is 0 Å². The number of rotatable bonds is 3. The van der Waals surface area contributed by atoms with E-state index in [0.717, 1.165) is 32.1 Å². The van der Waals surface area contributed by atoms with Crippen LogP contribution in [0.1, 0.15) is 19.3 Å². The van der Waals surface area contributed by atoms with Crippen LogP contribution in [0.4, 0.5) is 0 Å². The molecule has 0 unspecified atom stereocenters. The van der Waals surface area contributed by atoms with E-state index < -0.39 is 0 Å². The van der Waals surface area contributed by atoms with Gasteiger partial charge in [-0.2, -0.15) is 0 Å². The van der Waals surface area contributed by atoms with E-state index in [9.17, 15) is 0 Å². The summed E-state index contributed by atoms with van der Waals surface area (Å²) in [5.74, 6) is 0.813. The van der Waals surface area contributed by atoms with Crippen molar-refractivity contribution in [3.63, 3.8) is 0 Å². The Labute approximate surface area is 56.4 Å². The van der Waals surface area contributed by atoms with Gasteiger partial charge in [-0.1, -0.05) is 0 Å². The lowest BCUT2D eigenvalue weighted by atomic mass is 10.0. The predicted octanol–water partition coefficient (Wildman–Crippen LogP) is 0.762. The fraction of sp³-hybridized carbons (Fsp3) is 1.00. The third kappa shape index (κ3) is 2.33. The average Bonchev–Trinajstić information content (AvgIpc) is 2.34. The quantitative estimate of drug-likeness (QED) is 0.610. The van der Waals surface area contributed by atoms with E-state index in [1.165, 1.54) is 12.8 Å². The van der Waals surface area contributed by atoms with Crippen LogP contribution in [0.25, 0.3) is 0 Å². The van der Waals surface area contributed by atoms with E-state index in [4.69, 9.17) is 10.5 Å². The first kappa shape index (κ1) is 7.03. The van der Waals surface area contributed by atoms with Crippen molar-refractivity contribution in [2.45, 2.75) is 19.3 Å². The summed E-state index contributed by atoms with van der Waals surface area (Å²) in [6.45, 7) is 2.77. The zero-order valence-electron chi connectivity index (χ0n) is 5.81. The van der Waals surface area contributed by atoms with Gasteiger partial charge in [0.2, 0.25) is 0 Å². The van der Waals surface area contributed by atoms with Gasteiger partial charge < -0.3 is 10.5 Å². The standard InChI is InChI=1S/C7H15NO/c8-4-1-2-7-3-5-9-6-7/h7H,1-6,8H2/t7-/m0/s1. The van der Waals surface area contributed by atoms with Gasteiger partial charge in [0, 0.05) is 13.2 Å². The molecule has 1 rings (SSSR count). The van der Waals surface area contributed by atoms with Gasteiger partial charge in [0.15, 0.2) is 0 Å². The molecule has 1 aliphatic heterocycles. The smallest absolute Gasteiger partial charge is 0.0495 e. The van der Waals surface area contributed by atoms with Crippen molar-refractivity contribution in [1.29, 1.82) is 0 Å². The van der Waals surface area contributed by atoms with Gasteiger partial charge in [0.1, 0.15) is 0 Å². The van der Waals surface area contributed by atoms with E-state index in [2.05, 4.69) is 0 Å². The molecule has 54 valence electrons. The van der Waals surface area contributed by atoms with Crippen molar-refractivity contribution in [1.82, 2.24) is 0 Å². The second kappa shape index (κ2) is 3.85. The third-order valence-corrected chi connectivity index (χ3v) is 1.84. The normalized spacial score (nSPS) is 27.0.